The first-order chi connectivity index (χ1) is 17.6. The third kappa shape index (κ3) is 4.82. The first-order valence-electron chi connectivity index (χ1n) is 12.7. The van der Waals surface area contributed by atoms with Crippen LogP contribution in [-0.2, 0) is 22.4 Å². The van der Waals surface area contributed by atoms with E-state index in [1.165, 1.54) is 0 Å². The number of anilines is 1. The molecule has 1 saturated carbocycles. The van der Waals surface area contributed by atoms with E-state index in [0.717, 1.165) is 78.1 Å². The lowest BCUT2D eigenvalue weighted by atomic mass is 10.0. The lowest BCUT2D eigenvalue weighted by Gasteiger charge is -2.28. The average molecular weight is 480 g/mol. The van der Waals surface area contributed by atoms with Crippen molar-refractivity contribution in [1.82, 2.24) is 9.78 Å². The summed E-state index contributed by atoms with van der Waals surface area (Å²) in [4.78, 5) is 27.3. The molecule has 0 unspecified atom stereocenters. The van der Waals surface area contributed by atoms with Crippen molar-refractivity contribution in [2.45, 2.75) is 25.7 Å². The number of hydrogen-bond donors (Lipinski definition) is 0. The number of hydrogen-bond acceptors (Lipinski definition) is 5. The molecule has 0 N–H and O–H groups in total. The van der Waals surface area contributed by atoms with Gasteiger partial charge in [-0.1, -0.05) is 18.2 Å². The largest absolute Gasteiger partial charge is 0.378 e. The Balaban J connectivity index is 1.12. The lowest BCUT2D eigenvalue weighted by Crippen LogP contribution is -2.36. The molecule has 3 aromatic carbocycles. The molecule has 182 valence electrons. The van der Waals surface area contributed by atoms with Gasteiger partial charge in [-0.15, -0.1) is 0 Å². The lowest BCUT2D eigenvalue weighted by molar-refractivity contribution is -0.119. The average Bonchev–Trinajstić information content (AvgIpc) is 3.70. The summed E-state index contributed by atoms with van der Waals surface area (Å²) in [5.74, 6) is 0.734. The Hall–Kier alpha value is -3.77. The number of carbonyl (C=O) groups excluding carboxylic acids is 2. The molecule has 4 aromatic rings. The number of nitrogens with zero attached hydrogens (tertiary/aromatic N) is 3. The van der Waals surface area contributed by atoms with Crippen molar-refractivity contribution in [3.63, 3.8) is 0 Å². The smallest absolute Gasteiger partial charge is 0.167 e. The number of morpholine rings is 1. The van der Waals surface area contributed by atoms with Gasteiger partial charge < -0.3 is 9.64 Å². The Labute approximate surface area is 210 Å². The first-order valence-corrected chi connectivity index (χ1v) is 12.7. The maximum absolute atomic E-state index is 12.9. The van der Waals surface area contributed by atoms with Crippen LogP contribution in [0.15, 0.2) is 72.9 Å². The van der Waals surface area contributed by atoms with Gasteiger partial charge in [0.1, 0.15) is 5.78 Å². The van der Waals surface area contributed by atoms with Gasteiger partial charge in [-0.3, -0.25) is 9.59 Å². The SMILES string of the molecule is O=C(Cc1ccc(-n2ncc3cc(CC(=O)C4CC4)ccc32)cc1)c1ccc(N2CCOCC2)cc1. The summed E-state index contributed by atoms with van der Waals surface area (Å²) >= 11 is 0. The second-order valence-electron chi connectivity index (χ2n) is 9.78. The van der Waals surface area contributed by atoms with Crippen LogP contribution in [0.2, 0.25) is 0 Å². The zero-order valence-electron chi connectivity index (χ0n) is 20.2. The molecule has 2 aliphatic rings. The molecule has 1 saturated heterocycles. The highest BCUT2D eigenvalue weighted by Crippen LogP contribution is 2.31. The van der Waals surface area contributed by atoms with E-state index in [-0.39, 0.29) is 11.7 Å². The number of rotatable bonds is 8. The molecule has 0 amide bonds. The number of carbonyl (C=O) groups is 2. The summed E-state index contributed by atoms with van der Waals surface area (Å²) in [6, 6.07) is 22.0. The molecule has 2 fully saturated rings. The summed E-state index contributed by atoms with van der Waals surface area (Å²) in [5.41, 5.74) is 5.82. The highest BCUT2D eigenvalue weighted by Gasteiger charge is 2.29. The van der Waals surface area contributed by atoms with Gasteiger partial charge in [0.2, 0.25) is 0 Å². The van der Waals surface area contributed by atoms with Crippen LogP contribution in [0, 0.1) is 5.92 Å². The minimum atomic E-state index is 0.106. The Morgan fingerprint density at radius 2 is 1.53 bits per heavy atom. The Morgan fingerprint density at radius 1 is 0.833 bits per heavy atom. The molecule has 6 rings (SSSR count). The van der Waals surface area contributed by atoms with Crippen molar-refractivity contribution in [3.8, 4) is 5.69 Å². The molecule has 2 heterocycles. The van der Waals surface area contributed by atoms with E-state index in [0.29, 0.717) is 18.6 Å². The predicted molar refractivity (Wildman–Crippen MR) is 140 cm³/mol. The van der Waals surface area contributed by atoms with Crippen LogP contribution in [-0.4, -0.2) is 47.7 Å². The molecule has 0 bridgehead atoms. The van der Waals surface area contributed by atoms with Crippen LogP contribution in [0.3, 0.4) is 0 Å². The summed E-state index contributed by atoms with van der Waals surface area (Å²) < 4.78 is 7.32. The van der Waals surface area contributed by atoms with Crippen LogP contribution in [0.4, 0.5) is 5.69 Å². The molecule has 6 nitrogen and oxygen atoms in total. The fraction of sp³-hybridized carbons (Fsp3) is 0.300. The molecular weight excluding hydrogens is 450 g/mol. The van der Waals surface area contributed by atoms with E-state index in [4.69, 9.17) is 4.74 Å². The van der Waals surface area contributed by atoms with Crippen LogP contribution in [0.5, 0.6) is 0 Å². The van der Waals surface area contributed by atoms with Crippen LogP contribution < -0.4 is 4.90 Å². The van der Waals surface area contributed by atoms with Crippen molar-refractivity contribution in [3.05, 3.63) is 89.6 Å². The van der Waals surface area contributed by atoms with Crippen molar-refractivity contribution >= 4 is 28.2 Å². The molecule has 6 heteroatoms. The van der Waals surface area contributed by atoms with E-state index >= 15 is 0 Å². The Morgan fingerprint density at radius 3 is 2.25 bits per heavy atom. The molecule has 1 aliphatic carbocycles. The van der Waals surface area contributed by atoms with Crippen LogP contribution in [0.25, 0.3) is 16.6 Å². The van der Waals surface area contributed by atoms with E-state index < -0.39 is 0 Å². The second-order valence-corrected chi connectivity index (χ2v) is 9.78. The third-order valence-corrected chi connectivity index (χ3v) is 7.15. The normalized spacial score (nSPS) is 15.8. The molecule has 0 atom stereocenters. The highest BCUT2D eigenvalue weighted by atomic mass is 16.5. The topological polar surface area (TPSA) is 64.4 Å². The minimum Gasteiger partial charge on any atom is -0.378 e. The molecule has 0 radical (unpaired) electrons. The van der Waals surface area contributed by atoms with Crippen molar-refractivity contribution in [2.24, 2.45) is 5.92 Å². The zero-order chi connectivity index (χ0) is 24.5. The maximum atomic E-state index is 12.9. The fourth-order valence-electron chi connectivity index (χ4n) is 4.87. The Bertz CT molecular complexity index is 1400. The maximum Gasteiger partial charge on any atom is 0.167 e. The number of Topliss-reactive ketones (excluding diaryl/α,β-unsaturated/α-hetero) is 2. The number of ketones is 2. The quantitative estimate of drug-likeness (QED) is 0.340. The highest BCUT2D eigenvalue weighted by molar-refractivity contribution is 5.97. The van der Waals surface area contributed by atoms with Gasteiger partial charge in [-0.2, -0.15) is 5.10 Å². The van der Waals surface area contributed by atoms with Crippen LogP contribution >= 0.6 is 0 Å². The molecule has 36 heavy (non-hydrogen) atoms. The second kappa shape index (κ2) is 9.70. The molecular formula is C30H29N3O3. The number of ether oxygens (including phenoxy) is 1. The van der Waals surface area contributed by atoms with E-state index in [9.17, 15) is 9.59 Å². The van der Waals surface area contributed by atoms with Gasteiger partial charge in [0.05, 0.1) is 30.6 Å². The summed E-state index contributed by atoms with van der Waals surface area (Å²) in [6.07, 6.45) is 4.79. The van der Waals surface area contributed by atoms with Gasteiger partial charge in [-0.05, 0) is 72.5 Å². The van der Waals surface area contributed by atoms with Gasteiger partial charge in [0.25, 0.3) is 0 Å². The predicted octanol–water partition coefficient (Wildman–Crippen LogP) is 4.81. The summed E-state index contributed by atoms with van der Waals surface area (Å²) in [6.45, 7) is 3.25. The molecule has 1 aromatic heterocycles. The van der Waals surface area contributed by atoms with E-state index in [1.807, 2.05) is 71.5 Å². The third-order valence-electron chi connectivity index (χ3n) is 7.15. The van der Waals surface area contributed by atoms with Crippen molar-refractivity contribution in [1.29, 1.82) is 0 Å². The first kappa shape index (κ1) is 22.7. The standard InChI is InChI=1S/C30H29N3O3/c34-29(24-6-10-26(11-7-24)32-13-15-36-16-14-32)18-21-1-8-27(9-2-21)33-28-12-3-22(17-25(28)20-31-33)19-30(35)23-4-5-23/h1-3,6-12,17,20,23H,4-5,13-16,18-19H2. The van der Waals surface area contributed by atoms with Gasteiger partial charge in [0.15, 0.2) is 5.78 Å². The zero-order valence-corrected chi connectivity index (χ0v) is 20.2. The minimum absolute atomic E-state index is 0.106. The van der Waals surface area contributed by atoms with Crippen LogP contribution in [0.1, 0.15) is 34.3 Å². The molecule has 1 aliphatic heterocycles. The monoisotopic (exact) mass is 479 g/mol. The summed E-state index contributed by atoms with van der Waals surface area (Å²) in [7, 11) is 0. The van der Waals surface area contributed by atoms with Crippen molar-refractivity contribution in [2.75, 3.05) is 31.2 Å². The van der Waals surface area contributed by atoms with Gasteiger partial charge in [0, 0.05) is 48.5 Å². The number of aromatic nitrogens is 2. The molecule has 0 spiro atoms. The van der Waals surface area contributed by atoms with E-state index in [2.05, 4.69) is 16.1 Å². The van der Waals surface area contributed by atoms with Gasteiger partial charge in [-0.25, -0.2) is 4.68 Å². The number of fused-ring (bicyclic) bond motifs is 1. The summed E-state index contributed by atoms with van der Waals surface area (Å²) in [5, 5.41) is 5.60. The van der Waals surface area contributed by atoms with Crippen molar-refractivity contribution < 1.29 is 14.3 Å². The Kier molecular flexibility index (Phi) is 6.11. The fourth-order valence-corrected chi connectivity index (χ4v) is 4.87. The van der Waals surface area contributed by atoms with Gasteiger partial charge >= 0.3 is 0 Å². The number of benzene rings is 3. The van der Waals surface area contributed by atoms with E-state index in [1.54, 1.807) is 0 Å².